The van der Waals surface area contributed by atoms with Crippen LogP contribution in [0.25, 0.3) is 11.2 Å². The molecule has 3 rings (SSSR count). The molecule has 0 aliphatic heterocycles. The predicted octanol–water partition coefficient (Wildman–Crippen LogP) is 2.53. The van der Waals surface area contributed by atoms with Gasteiger partial charge in [0.25, 0.3) is 0 Å². The average Bonchev–Trinajstić information content (AvgIpc) is 3.15. The van der Waals surface area contributed by atoms with Crippen molar-refractivity contribution in [3.05, 3.63) is 30.0 Å². The van der Waals surface area contributed by atoms with Crippen LogP contribution in [0.4, 0.5) is 0 Å². The highest BCUT2D eigenvalue weighted by Gasteiger charge is 2.21. The fourth-order valence-corrected chi connectivity index (χ4v) is 2.99. The first-order chi connectivity index (χ1) is 10.2. The Labute approximate surface area is 128 Å². The Bertz CT molecular complexity index is 739. The highest BCUT2D eigenvalue weighted by atomic mass is 35.5. The third-order valence-electron chi connectivity index (χ3n) is 3.72. The average molecular weight is 307 g/mol. The molecule has 0 aliphatic rings. The molecule has 1 atom stereocenters. The molecule has 0 spiro atoms. The van der Waals surface area contributed by atoms with Gasteiger partial charge in [-0.25, -0.2) is 4.98 Å². The Kier molecular flexibility index (Phi) is 3.71. The van der Waals surface area contributed by atoms with E-state index >= 15 is 0 Å². The Morgan fingerprint density at radius 2 is 2.19 bits per heavy atom. The molecule has 3 aromatic rings. The fraction of sp³-hybridized carbons (Fsp3) is 0.500. The van der Waals surface area contributed by atoms with Crippen LogP contribution >= 0.6 is 11.6 Å². The normalized spacial score (nSPS) is 13.1. The number of halogens is 1. The van der Waals surface area contributed by atoms with Crippen LogP contribution in [-0.4, -0.2) is 29.1 Å². The number of fused-ring (bicyclic) bond motifs is 1. The van der Waals surface area contributed by atoms with Gasteiger partial charge in [0, 0.05) is 19.4 Å². The number of nitrogens with zero attached hydrogens (tertiary/aromatic N) is 6. The molecular formula is C14H19ClN6. The Morgan fingerprint density at radius 1 is 1.38 bits per heavy atom. The zero-order valence-electron chi connectivity index (χ0n) is 12.5. The highest BCUT2D eigenvalue weighted by molar-refractivity contribution is 6.16. The van der Waals surface area contributed by atoms with Crippen LogP contribution < -0.4 is 0 Å². The Balaban J connectivity index is 2.09. The molecule has 3 aromatic heterocycles. The van der Waals surface area contributed by atoms with Crippen LogP contribution in [0, 0.1) is 0 Å². The maximum Gasteiger partial charge on any atom is 0.159 e. The second kappa shape index (κ2) is 5.52. The van der Waals surface area contributed by atoms with Crippen molar-refractivity contribution in [3.63, 3.8) is 0 Å². The molecule has 0 N–H and O–H groups in total. The first-order valence-corrected chi connectivity index (χ1v) is 7.65. The van der Waals surface area contributed by atoms with Gasteiger partial charge in [-0.15, -0.1) is 11.6 Å². The minimum Gasteiger partial charge on any atom is -0.307 e. The number of rotatable bonds is 5. The molecule has 0 amide bonds. The lowest BCUT2D eigenvalue weighted by atomic mass is 10.3. The summed E-state index contributed by atoms with van der Waals surface area (Å²) < 4.78 is 6.00. The van der Waals surface area contributed by atoms with Gasteiger partial charge >= 0.3 is 0 Å². The quantitative estimate of drug-likeness (QED) is 0.681. The summed E-state index contributed by atoms with van der Waals surface area (Å²) in [6.45, 7) is 5.01. The van der Waals surface area contributed by atoms with Crippen molar-refractivity contribution < 1.29 is 0 Å². The number of imidazole rings is 1. The third kappa shape index (κ3) is 2.33. The van der Waals surface area contributed by atoms with E-state index in [1.165, 1.54) is 0 Å². The summed E-state index contributed by atoms with van der Waals surface area (Å²) in [6, 6.07) is 2.13. The molecular weight excluding hydrogens is 288 g/mol. The molecule has 6 nitrogen and oxygen atoms in total. The first-order valence-electron chi connectivity index (χ1n) is 7.11. The molecule has 0 bridgehead atoms. The van der Waals surface area contributed by atoms with Crippen molar-refractivity contribution >= 4 is 22.8 Å². The van der Waals surface area contributed by atoms with Gasteiger partial charge in [-0.3, -0.25) is 9.36 Å². The minimum absolute atomic E-state index is 0.198. The summed E-state index contributed by atoms with van der Waals surface area (Å²) in [5, 5.41) is 8.82. The Morgan fingerprint density at radius 3 is 2.81 bits per heavy atom. The summed E-state index contributed by atoms with van der Waals surface area (Å²) >= 11 is 6.10. The first kappa shape index (κ1) is 14.1. The fourth-order valence-electron chi connectivity index (χ4n) is 2.80. The number of alkyl halides is 1. The zero-order chi connectivity index (χ0) is 15.0. The van der Waals surface area contributed by atoms with E-state index in [0.29, 0.717) is 5.88 Å². The van der Waals surface area contributed by atoms with Crippen LogP contribution in [0.3, 0.4) is 0 Å². The van der Waals surface area contributed by atoms with Crippen molar-refractivity contribution in [2.75, 3.05) is 0 Å². The van der Waals surface area contributed by atoms with Gasteiger partial charge in [-0.2, -0.15) is 10.2 Å². The SMILES string of the molecule is CCc1nn(C)c2c1nc(CCl)n2C(C)Cn1cccn1. The highest BCUT2D eigenvalue weighted by Crippen LogP contribution is 2.25. The van der Waals surface area contributed by atoms with E-state index in [0.717, 1.165) is 35.6 Å². The second-order valence-electron chi connectivity index (χ2n) is 5.20. The van der Waals surface area contributed by atoms with Gasteiger partial charge in [0.1, 0.15) is 11.3 Å². The third-order valence-corrected chi connectivity index (χ3v) is 3.95. The standard InChI is InChI=1S/C14H19ClN6/c1-4-11-13-14(19(3)18-11)21(12(8-15)17-13)10(2)9-20-7-5-6-16-20/h5-7,10H,4,8-9H2,1-3H3. The molecule has 3 heterocycles. The monoisotopic (exact) mass is 306 g/mol. The molecule has 0 radical (unpaired) electrons. The topological polar surface area (TPSA) is 53.5 Å². The van der Waals surface area contributed by atoms with Crippen molar-refractivity contribution in [2.45, 2.75) is 38.7 Å². The summed E-state index contributed by atoms with van der Waals surface area (Å²) in [5.41, 5.74) is 3.01. The second-order valence-corrected chi connectivity index (χ2v) is 5.47. The van der Waals surface area contributed by atoms with Crippen molar-refractivity contribution in [1.82, 2.24) is 29.1 Å². The zero-order valence-corrected chi connectivity index (χ0v) is 13.2. The number of hydrogen-bond acceptors (Lipinski definition) is 3. The van der Waals surface area contributed by atoms with Gasteiger partial charge in [0.2, 0.25) is 0 Å². The van der Waals surface area contributed by atoms with E-state index in [2.05, 4.69) is 28.6 Å². The van der Waals surface area contributed by atoms with Crippen molar-refractivity contribution in [1.29, 1.82) is 0 Å². The molecule has 0 aliphatic carbocycles. The van der Waals surface area contributed by atoms with Crippen LogP contribution in [-0.2, 0) is 25.9 Å². The summed E-state index contributed by atoms with van der Waals surface area (Å²) in [6.07, 6.45) is 4.62. The van der Waals surface area contributed by atoms with E-state index in [1.54, 1.807) is 6.20 Å². The summed E-state index contributed by atoms with van der Waals surface area (Å²) in [5.74, 6) is 1.27. The smallest absolute Gasteiger partial charge is 0.159 e. The van der Waals surface area contributed by atoms with Gasteiger partial charge < -0.3 is 4.57 Å². The molecule has 7 heteroatoms. The van der Waals surface area contributed by atoms with Gasteiger partial charge in [-0.05, 0) is 19.4 Å². The maximum absolute atomic E-state index is 6.10. The van der Waals surface area contributed by atoms with Gasteiger partial charge in [-0.1, -0.05) is 6.92 Å². The maximum atomic E-state index is 6.10. The van der Waals surface area contributed by atoms with E-state index in [4.69, 9.17) is 16.6 Å². The van der Waals surface area contributed by atoms with Gasteiger partial charge in [0.15, 0.2) is 5.65 Å². The largest absolute Gasteiger partial charge is 0.307 e. The molecule has 0 fully saturated rings. The summed E-state index contributed by atoms with van der Waals surface area (Å²) in [4.78, 5) is 4.69. The van der Waals surface area contributed by atoms with E-state index in [1.807, 2.05) is 28.7 Å². The molecule has 0 saturated heterocycles. The van der Waals surface area contributed by atoms with Crippen molar-refractivity contribution in [2.24, 2.45) is 7.05 Å². The van der Waals surface area contributed by atoms with E-state index in [9.17, 15) is 0 Å². The Hall–Kier alpha value is -1.82. The molecule has 0 saturated carbocycles. The van der Waals surface area contributed by atoms with Crippen LogP contribution in [0.2, 0.25) is 0 Å². The molecule has 1 unspecified atom stereocenters. The van der Waals surface area contributed by atoms with E-state index in [-0.39, 0.29) is 6.04 Å². The minimum atomic E-state index is 0.198. The molecule has 21 heavy (non-hydrogen) atoms. The predicted molar refractivity (Wildman–Crippen MR) is 82.4 cm³/mol. The lowest BCUT2D eigenvalue weighted by Crippen LogP contribution is -2.17. The summed E-state index contributed by atoms with van der Waals surface area (Å²) in [7, 11) is 1.96. The van der Waals surface area contributed by atoms with Crippen LogP contribution in [0.15, 0.2) is 18.5 Å². The van der Waals surface area contributed by atoms with Crippen LogP contribution in [0.1, 0.15) is 31.4 Å². The lowest BCUT2D eigenvalue weighted by Gasteiger charge is -2.17. The number of aromatic nitrogens is 6. The van der Waals surface area contributed by atoms with E-state index < -0.39 is 0 Å². The van der Waals surface area contributed by atoms with Crippen molar-refractivity contribution in [3.8, 4) is 0 Å². The van der Waals surface area contributed by atoms with Gasteiger partial charge in [0.05, 0.1) is 24.2 Å². The number of hydrogen-bond donors (Lipinski definition) is 0. The number of aryl methyl sites for hydroxylation is 2. The molecule has 112 valence electrons. The van der Waals surface area contributed by atoms with Crippen LogP contribution in [0.5, 0.6) is 0 Å². The lowest BCUT2D eigenvalue weighted by molar-refractivity contribution is 0.432. The molecule has 0 aromatic carbocycles.